The van der Waals surface area contributed by atoms with Crippen LogP contribution in [0.2, 0.25) is 18.1 Å². The number of halogens is 1. The fourth-order valence-corrected chi connectivity index (χ4v) is 3.05. The number of aromatic nitrogens is 3. The molecule has 0 radical (unpaired) electrons. The van der Waals surface area contributed by atoms with Crippen molar-refractivity contribution in [3.8, 4) is 11.4 Å². The zero-order valence-corrected chi connectivity index (χ0v) is 17.5. The maximum Gasteiger partial charge on any atom is 0.192 e. The van der Waals surface area contributed by atoms with Crippen molar-refractivity contribution in [3.05, 3.63) is 35.9 Å². The number of rotatable bonds is 7. The second-order valence-electron chi connectivity index (χ2n) is 7.98. The van der Waals surface area contributed by atoms with Gasteiger partial charge in [-0.25, -0.2) is 4.39 Å². The van der Waals surface area contributed by atoms with E-state index in [9.17, 15) is 9.18 Å². The molecule has 0 aliphatic heterocycles. The van der Waals surface area contributed by atoms with Gasteiger partial charge in [0.1, 0.15) is 11.5 Å². The molecule has 0 bridgehead atoms. The number of hydrogen-bond acceptors (Lipinski definition) is 4. The van der Waals surface area contributed by atoms with Gasteiger partial charge in [0.15, 0.2) is 14.1 Å². The zero-order valence-electron chi connectivity index (χ0n) is 16.5. The van der Waals surface area contributed by atoms with Gasteiger partial charge in [0.25, 0.3) is 0 Å². The van der Waals surface area contributed by atoms with Gasteiger partial charge in [0, 0.05) is 6.42 Å². The Labute approximate surface area is 155 Å². The maximum absolute atomic E-state index is 13.1. The van der Waals surface area contributed by atoms with Gasteiger partial charge in [-0.1, -0.05) is 27.7 Å². The molecule has 2 aromatic rings. The maximum atomic E-state index is 13.1. The molecule has 0 N–H and O–H groups in total. The standard InChI is InChI=1S/C19H28FN3O2Si/c1-7-16(24)12-23-15(13-25-26(5,6)19(2,3)4)10-18(22-23)17-9-8-14(20)11-21-17/h8-11H,7,12-13H2,1-6H3. The number of ketones is 1. The molecule has 0 aliphatic carbocycles. The molecule has 0 aliphatic rings. The molecular formula is C19H28FN3O2Si. The number of Topliss-reactive ketones (excluding diaryl/α,β-unsaturated/α-hetero) is 1. The molecule has 142 valence electrons. The Morgan fingerprint density at radius 3 is 2.50 bits per heavy atom. The third-order valence-corrected chi connectivity index (χ3v) is 9.44. The molecule has 0 aromatic carbocycles. The van der Waals surface area contributed by atoms with Gasteiger partial charge in [-0.3, -0.25) is 14.5 Å². The molecular weight excluding hydrogens is 349 g/mol. The van der Waals surface area contributed by atoms with E-state index in [0.717, 1.165) is 11.9 Å². The summed E-state index contributed by atoms with van der Waals surface area (Å²) in [6.45, 7) is 13.4. The SMILES string of the molecule is CCC(=O)Cn1nc(-c2ccc(F)cn2)cc1CO[Si](C)(C)C(C)(C)C. The van der Waals surface area contributed by atoms with Gasteiger partial charge in [-0.15, -0.1) is 0 Å². The van der Waals surface area contributed by atoms with Crippen LogP contribution in [0.3, 0.4) is 0 Å². The Balaban J connectivity index is 2.30. The first-order valence-corrected chi connectivity index (χ1v) is 11.8. The molecule has 0 amide bonds. The van der Waals surface area contributed by atoms with Crippen LogP contribution in [0, 0.1) is 5.82 Å². The first kappa shape index (κ1) is 20.4. The summed E-state index contributed by atoms with van der Waals surface area (Å²) in [5, 5.41) is 4.60. The Morgan fingerprint density at radius 2 is 1.96 bits per heavy atom. The summed E-state index contributed by atoms with van der Waals surface area (Å²) in [4.78, 5) is 16.0. The molecule has 26 heavy (non-hydrogen) atoms. The first-order chi connectivity index (χ1) is 12.0. The molecule has 2 rings (SSSR count). The first-order valence-electron chi connectivity index (χ1n) is 8.88. The molecule has 7 heteroatoms. The number of hydrogen-bond donors (Lipinski definition) is 0. The highest BCUT2D eigenvalue weighted by Gasteiger charge is 2.37. The summed E-state index contributed by atoms with van der Waals surface area (Å²) in [6, 6.07) is 4.81. The average molecular weight is 378 g/mol. The van der Waals surface area contributed by atoms with Gasteiger partial charge in [0.05, 0.1) is 30.7 Å². The van der Waals surface area contributed by atoms with Gasteiger partial charge < -0.3 is 4.43 Å². The Kier molecular flexibility index (Phi) is 6.13. The van der Waals surface area contributed by atoms with Crippen LogP contribution in [0.4, 0.5) is 4.39 Å². The summed E-state index contributed by atoms with van der Waals surface area (Å²) < 4.78 is 21.1. The number of nitrogens with zero attached hydrogens (tertiary/aromatic N) is 3. The molecule has 0 saturated heterocycles. The van der Waals surface area contributed by atoms with E-state index in [1.165, 1.54) is 6.07 Å². The van der Waals surface area contributed by atoms with Crippen LogP contribution >= 0.6 is 0 Å². The van der Waals surface area contributed by atoms with E-state index >= 15 is 0 Å². The van der Waals surface area contributed by atoms with Crippen molar-refractivity contribution in [1.29, 1.82) is 0 Å². The fraction of sp³-hybridized carbons (Fsp3) is 0.526. The van der Waals surface area contributed by atoms with E-state index in [1.807, 2.05) is 13.0 Å². The number of carbonyl (C=O) groups excluding carboxylic acids is 1. The molecule has 0 saturated carbocycles. The summed E-state index contributed by atoms with van der Waals surface area (Å²) in [5.41, 5.74) is 2.02. The minimum Gasteiger partial charge on any atom is -0.411 e. The Hall–Kier alpha value is -1.86. The summed E-state index contributed by atoms with van der Waals surface area (Å²) in [6.07, 6.45) is 1.61. The van der Waals surface area contributed by atoms with Crippen molar-refractivity contribution in [2.24, 2.45) is 0 Å². The molecule has 5 nitrogen and oxygen atoms in total. The van der Waals surface area contributed by atoms with Crippen LogP contribution < -0.4 is 0 Å². The van der Waals surface area contributed by atoms with Crippen LogP contribution in [-0.4, -0.2) is 28.9 Å². The van der Waals surface area contributed by atoms with Crippen molar-refractivity contribution < 1.29 is 13.6 Å². The summed E-state index contributed by atoms with van der Waals surface area (Å²) >= 11 is 0. The number of carbonyl (C=O) groups is 1. The topological polar surface area (TPSA) is 57.0 Å². The van der Waals surface area contributed by atoms with E-state index in [0.29, 0.717) is 24.4 Å². The minimum atomic E-state index is -1.93. The van der Waals surface area contributed by atoms with Crippen LogP contribution in [-0.2, 0) is 22.4 Å². The third-order valence-electron chi connectivity index (χ3n) is 4.96. The highest BCUT2D eigenvalue weighted by Crippen LogP contribution is 2.37. The van der Waals surface area contributed by atoms with Gasteiger partial charge in [-0.05, 0) is 36.3 Å². The van der Waals surface area contributed by atoms with Crippen LogP contribution in [0.15, 0.2) is 24.4 Å². The van der Waals surface area contributed by atoms with Gasteiger partial charge in [0.2, 0.25) is 0 Å². The second kappa shape index (κ2) is 7.80. The van der Waals surface area contributed by atoms with Gasteiger partial charge >= 0.3 is 0 Å². The third kappa shape index (κ3) is 4.85. The van der Waals surface area contributed by atoms with E-state index in [2.05, 4.69) is 43.9 Å². The van der Waals surface area contributed by atoms with E-state index in [1.54, 1.807) is 10.7 Å². The van der Waals surface area contributed by atoms with Crippen molar-refractivity contribution in [1.82, 2.24) is 14.8 Å². The average Bonchev–Trinajstić information content (AvgIpc) is 2.95. The van der Waals surface area contributed by atoms with Crippen molar-refractivity contribution in [2.45, 2.75) is 65.4 Å². The highest BCUT2D eigenvalue weighted by atomic mass is 28.4. The van der Waals surface area contributed by atoms with Crippen molar-refractivity contribution in [2.75, 3.05) is 0 Å². The minimum absolute atomic E-state index is 0.0957. The van der Waals surface area contributed by atoms with Crippen molar-refractivity contribution >= 4 is 14.1 Å². The monoisotopic (exact) mass is 377 g/mol. The molecule has 2 heterocycles. The molecule has 0 atom stereocenters. The van der Waals surface area contributed by atoms with Crippen LogP contribution in [0.1, 0.15) is 39.8 Å². The molecule has 2 aromatic heterocycles. The quantitative estimate of drug-likeness (QED) is 0.663. The second-order valence-corrected chi connectivity index (χ2v) is 12.8. The van der Waals surface area contributed by atoms with Gasteiger partial charge in [-0.2, -0.15) is 5.10 Å². The van der Waals surface area contributed by atoms with Crippen LogP contribution in [0.25, 0.3) is 11.4 Å². The highest BCUT2D eigenvalue weighted by molar-refractivity contribution is 6.74. The summed E-state index contributed by atoms with van der Waals surface area (Å²) in [5.74, 6) is -0.295. The predicted molar refractivity (Wildman–Crippen MR) is 103 cm³/mol. The van der Waals surface area contributed by atoms with Crippen molar-refractivity contribution in [3.63, 3.8) is 0 Å². The molecule has 0 fully saturated rings. The predicted octanol–water partition coefficient (Wildman–Crippen LogP) is 4.59. The largest absolute Gasteiger partial charge is 0.411 e. The lowest BCUT2D eigenvalue weighted by Gasteiger charge is -2.36. The zero-order chi connectivity index (χ0) is 19.5. The molecule has 0 spiro atoms. The van der Waals surface area contributed by atoms with E-state index in [-0.39, 0.29) is 17.4 Å². The smallest absolute Gasteiger partial charge is 0.192 e. The lowest BCUT2D eigenvalue weighted by Crippen LogP contribution is -2.40. The molecule has 0 unspecified atom stereocenters. The normalized spacial score (nSPS) is 12.4. The fourth-order valence-electron chi connectivity index (χ4n) is 2.11. The lowest BCUT2D eigenvalue weighted by molar-refractivity contribution is -0.119. The lowest BCUT2D eigenvalue weighted by atomic mass is 10.2. The Morgan fingerprint density at radius 1 is 1.27 bits per heavy atom. The summed E-state index contributed by atoms with van der Waals surface area (Å²) in [7, 11) is -1.93. The van der Waals surface area contributed by atoms with E-state index < -0.39 is 14.1 Å². The Bertz CT molecular complexity index is 764. The van der Waals surface area contributed by atoms with Crippen LogP contribution in [0.5, 0.6) is 0 Å². The van der Waals surface area contributed by atoms with E-state index in [4.69, 9.17) is 4.43 Å². The number of pyridine rings is 1.